The van der Waals surface area contributed by atoms with Crippen molar-refractivity contribution in [1.82, 2.24) is 19.9 Å². The number of aryl methyl sites for hydroxylation is 1. The molecule has 8 nitrogen and oxygen atoms in total. The lowest BCUT2D eigenvalue weighted by atomic mass is 10.1. The van der Waals surface area contributed by atoms with Gasteiger partial charge in [0.1, 0.15) is 23.4 Å². The molecule has 0 spiro atoms. The number of carbonyl (C=O) groups excluding carboxylic acids is 1. The molecule has 0 bridgehead atoms. The number of hydrogen-bond acceptors (Lipinski definition) is 7. The van der Waals surface area contributed by atoms with Crippen molar-refractivity contribution in [1.29, 1.82) is 0 Å². The van der Waals surface area contributed by atoms with Gasteiger partial charge < -0.3 is 19.1 Å². The Morgan fingerprint density at radius 3 is 2.72 bits per heavy atom. The van der Waals surface area contributed by atoms with Crippen LogP contribution in [-0.2, 0) is 22.6 Å². The lowest BCUT2D eigenvalue weighted by Gasteiger charge is -2.21. The first-order valence-corrected chi connectivity index (χ1v) is 8.52. The molecule has 0 fully saturated rings. The Morgan fingerprint density at radius 2 is 2.12 bits per heavy atom. The molecule has 0 amide bonds. The molecule has 0 unspecified atom stereocenters. The number of ether oxygens (including phenoxy) is 2. The Bertz CT molecular complexity index is 716. The van der Waals surface area contributed by atoms with Crippen LogP contribution in [0.4, 0.5) is 0 Å². The van der Waals surface area contributed by atoms with E-state index in [0.717, 1.165) is 23.1 Å². The van der Waals surface area contributed by atoms with E-state index < -0.39 is 18.1 Å². The summed E-state index contributed by atoms with van der Waals surface area (Å²) in [4.78, 5) is 20.6. The van der Waals surface area contributed by atoms with Crippen LogP contribution < -0.4 is 10.1 Å². The van der Waals surface area contributed by atoms with Crippen molar-refractivity contribution in [2.45, 2.75) is 52.4 Å². The number of nitrogens with one attached hydrogen (secondary N) is 1. The lowest BCUT2D eigenvalue weighted by Crippen LogP contribution is -2.46. The minimum atomic E-state index is -0.817. The molecule has 8 heteroatoms. The molecule has 0 saturated heterocycles. The van der Waals surface area contributed by atoms with Crippen LogP contribution in [0.3, 0.4) is 0 Å². The topological polar surface area (TPSA) is 98.5 Å². The molecule has 138 valence electrons. The quantitative estimate of drug-likeness (QED) is 0.657. The molecule has 2 N–H and O–H groups in total. The summed E-state index contributed by atoms with van der Waals surface area (Å²) in [7, 11) is 1.57. The van der Waals surface area contributed by atoms with Crippen LogP contribution in [0.5, 0.6) is 5.88 Å². The summed E-state index contributed by atoms with van der Waals surface area (Å²) in [6.45, 7) is 6.95. The maximum atomic E-state index is 12.1. The van der Waals surface area contributed by atoms with E-state index in [4.69, 9.17) is 9.47 Å². The third-order valence-corrected chi connectivity index (χ3v) is 4.08. The summed E-state index contributed by atoms with van der Waals surface area (Å²) in [5, 5.41) is 13.2. The van der Waals surface area contributed by atoms with Crippen LogP contribution in [0, 0.1) is 0 Å². The van der Waals surface area contributed by atoms with Crippen molar-refractivity contribution in [3.05, 3.63) is 18.1 Å². The Morgan fingerprint density at radius 1 is 1.36 bits per heavy atom. The second-order valence-corrected chi connectivity index (χ2v) is 5.61. The van der Waals surface area contributed by atoms with E-state index in [-0.39, 0.29) is 6.61 Å². The number of hydrogen-bond donors (Lipinski definition) is 2. The summed E-state index contributed by atoms with van der Waals surface area (Å²) in [5.41, 5.74) is 2.47. The summed E-state index contributed by atoms with van der Waals surface area (Å²) in [5.74, 6) is 0.0527. The van der Waals surface area contributed by atoms with Crippen molar-refractivity contribution >= 4 is 17.0 Å². The minimum Gasteiger partial charge on any atom is -0.479 e. The molecule has 0 radical (unpaired) electrons. The average molecular weight is 350 g/mol. The molecule has 2 rings (SSSR count). The van der Waals surface area contributed by atoms with E-state index in [2.05, 4.69) is 15.3 Å². The van der Waals surface area contributed by atoms with Gasteiger partial charge in [-0.1, -0.05) is 6.92 Å². The lowest BCUT2D eigenvalue weighted by molar-refractivity contribution is -0.148. The Balaban J connectivity index is 2.28. The van der Waals surface area contributed by atoms with Crippen LogP contribution in [0.1, 0.15) is 32.8 Å². The summed E-state index contributed by atoms with van der Waals surface area (Å²) in [6.07, 6.45) is 3.04. The van der Waals surface area contributed by atoms with E-state index >= 15 is 0 Å². The average Bonchev–Trinajstić information content (AvgIpc) is 3.00. The highest BCUT2D eigenvalue weighted by Gasteiger charge is 2.27. The largest absolute Gasteiger partial charge is 0.479 e. The second-order valence-electron chi connectivity index (χ2n) is 5.61. The van der Waals surface area contributed by atoms with E-state index in [9.17, 15) is 9.90 Å². The van der Waals surface area contributed by atoms with Crippen molar-refractivity contribution < 1.29 is 19.4 Å². The number of aliphatic hydroxyl groups is 1. The molecule has 0 aliphatic rings. The van der Waals surface area contributed by atoms with Gasteiger partial charge in [0.15, 0.2) is 0 Å². The van der Waals surface area contributed by atoms with Crippen molar-refractivity contribution in [3.8, 4) is 5.88 Å². The number of aromatic nitrogens is 3. The molecule has 2 aromatic rings. The van der Waals surface area contributed by atoms with Gasteiger partial charge in [0.05, 0.1) is 19.8 Å². The van der Waals surface area contributed by atoms with Gasteiger partial charge in [-0.15, -0.1) is 0 Å². The number of esters is 1. The Kier molecular flexibility index (Phi) is 6.72. The van der Waals surface area contributed by atoms with E-state index in [1.165, 1.54) is 6.33 Å². The predicted molar refractivity (Wildman–Crippen MR) is 93.3 cm³/mol. The number of nitrogens with zero attached hydrogens (tertiary/aromatic N) is 3. The van der Waals surface area contributed by atoms with Crippen LogP contribution >= 0.6 is 0 Å². The normalized spacial score (nSPS) is 13.6. The highest BCUT2D eigenvalue weighted by molar-refractivity contribution is 5.84. The highest BCUT2D eigenvalue weighted by Crippen LogP contribution is 2.26. The van der Waals surface area contributed by atoms with Gasteiger partial charge in [-0.2, -0.15) is 4.98 Å². The van der Waals surface area contributed by atoms with Gasteiger partial charge >= 0.3 is 5.97 Å². The molecular weight excluding hydrogens is 324 g/mol. The molecule has 0 aromatic carbocycles. The fraction of sp³-hybridized carbons (Fsp3) is 0.588. The molecule has 2 heterocycles. The number of methoxy groups -OCH3 is 1. The third-order valence-electron chi connectivity index (χ3n) is 4.08. The molecule has 0 aliphatic heterocycles. The van der Waals surface area contributed by atoms with Crippen LogP contribution in [0.2, 0.25) is 0 Å². The Hall–Kier alpha value is -2.19. The number of fused-ring (bicyclic) bond motifs is 1. The summed E-state index contributed by atoms with van der Waals surface area (Å²) in [6, 6.07) is -0.784. The third kappa shape index (κ3) is 4.08. The maximum absolute atomic E-state index is 12.1. The van der Waals surface area contributed by atoms with E-state index in [1.807, 2.05) is 24.6 Å². The fourth-order valence-corrected chi connectivity index (χ4v) is 2.76. The van der Waals surface area contributed by atoms with Gasteiger partial charge in [-0.3, -0.25) is 10.1 Å². The van der Waals surface area contributed by atoms with Gasteiger partial charge in [0.2, 0.25) is 5.88 Å². The monoisotopic (exact) mass is 350 g/mol. The van der Waals surface area contributed by atoms with Gasteiger partial charge in [-0.25, -0.2) is 4.98 Å². The summed E-state index contributed by atoms with van der Waals surface area (Å²) >= 11 is 0. The van der Waals surface area contributed by atoms with Crippen LogP contribution in [-0.4, -0.2) is 51.5 Å². The minimum absolute atomic E-state index is 0.271. The zero-order chi connectivity index (χ0) is 18.4. The van der Waals surface area contributed by atoms with Gasteiger partial charge in [-0.05, 0) is 20.3 Å². The molecule has 0 aliphatic carbocycles. The van der Waals surface area contributed by atoms with Gasteiger partial charge in [0, 0.05) is 24.8 Å². The van der Waals surface area contributed by atoms with Crippen molar-refractivity contribution in [3.63, 3.8) is 0 Å². The second kappa shape index (κ2) is 8.77. The SMILES string of the molecule is CCOC(=O)[C@H](NCc1cn(CC)c2c(OC)ncnc12)[C@@H](O)CC. The molecular formula is C17H26N4O4. The van der Waals surface area contributed by atoms with Crippen molar-refractivity contribution in [2.75, 3.05) is 13.7 Å². The standard InChI is InChI=1S/C17H26N4O4/c1-5-12(22)14(17(23)25-7-3)18-8-11-9-21(6-2)15-13(11)19-10-20-16(15)24-4/h9-10,12,14,18,22H,5-8H2,1-4H3/t12-,14+/m0/s1. The zero-order valence-electron chi connectivity index (χ0n) is 15.2. The first-order chi connectivity index (χ1) is 12.1. The predicted octanol–water partition coefficient (Wildman–Crippen LogP) is 1.25. The highest BCUT2D eigenvalue weighted by atomic mass is 16.5. The molecule has 0 saturated carbocycles. The molecule has 25 heavy (non-hydrogen) atoms. The summed E-state index contributed by atoms with van der Waals surface area (Å²) < 4.78 is 12.4. The molecule has 2 aromatic heterocycles. The number of carbonyl (C=O) groups is 1. The number of aliphatic hydroxyl groups excluding tert-OH is 1. The first-order valence-electron chi connectivity index (χ1n) is 8.52. The smallest absolute Gasteiger partial charge is 0.325 e. The fourth-order valence-electron chi connectivity index (χ4n) is 2.76. The van der Waals surface area contributed by atoms with Crippen LogP contribution in [0.15, 0.2) is 12.5 Å². The molecule has 2 atom stereocenters. The van der Waals surface area contributed by atoms with E-state index in [1.54, 1.807) is 14.0 Å². The maximum Gasteiger partial charge on any atom is 0.325 e. The number of rotatable bonds is 9. The Labute approximate surface area is 147 Å². The first kappa shape index (κ1) is 19.1. The zero-order valence-corrected chi connectivity index (χ0v) is 15.2. The van der Waals surface area contributed by atoms with Crippen LogP contribution in [0.25, 0.3) is 11.0 Å². The van der Waals surface area contributed by atoms with E-state index in [0.29, 0.717) is 18.8 Å². The van der Waals surface area contributed by atoms with Crippen molar-refractivity contribution in [2.24, 2.45) is 0 Å². The van der Waals surface area contributed by atoms with Gasteiger partial charge in [0.25, 0.3) is 0 Å².